The maximum absolute atomic E-state index is 12.4. The van der Waals surface area contributed by atoms with Gasteiger partial charge in [-0.2, -0.15) is 4.31 Å². The van der Waals surface area contributed by atoms with E-state index in [2.05, 4.69) is 12.6 Å². The molecule has 6 nitrogen and oxygen atoms in total. The van der Waals surface area contributed by atoms with Crippen LogP contribution >= 0.6 is 12.6 Å². The summed E-state index contributed by atoms with van der Waals surface area (Å²) in [5, 5.41) is 8.92. The van der Waals surface area contributed by atoms with Crippen LogP contribution in [0.2, 0.25) is 0 Å². The number of nitrogens with zero attached hydrogens (tertiary/aromatic N) is 1. The van der Waals surface area contributed by atoms with E-state index in [1.807, 2.05) is 0 Å². The van der Waals surface area contributed by atoms with Gasteiger partial charge in [0.05, 0.1) is 23.7 Å². The summed E-state index contributed by atoms with van der Waals surface area (Å²) >= 11 is 4.10. The molecular formula is C11H13NO5S2. The van der Waals surface area contributed by atoms with Gasteiger partial charge in [0.25, 0.3) is 0 Å². The van der Waals surface area contributed by atoms with Gasteiger partial charge in [-0.1, -0.05) is 0 Å². The number of benzene rings is 1. The predicted octanol–water partition coefficient (Wildman–Crippen LogP) is 0.694. The molecule has 1 N–H and O–H groups in total. The molecule has 0 radical (unpaired) electrons. The molecule has 2 rings (SSSR count). The minimum atomic E-state index is -3.74. The summed E-state index contributed by atoms with van der Waals surface area (Å²) in [7, 11) is -3.74. The maximum atomic E-state index is 12.4. The van der Waals surface area contributed by atoms with Crippen molar-refractivity contribution in [1.29, 1.82) is 0 Å². The Labute approximate surface area is 116 Å². The van der Waals surface area contributed by atoms with Crippen molar-refractivity contribution in [3.63, 3.8) is 0 Å². The number of aromatic carboxylic acids is 1. The highest BCUT2D eigenvalue weighted by Gasteiger charge is 2.28. The van der Waals surface area contributed by atoms with Crippen LogP contribution in [0.5, 0.6) is 0 Å². The van der Waals surface area contributed by atoms with Crippen molar-refractivity contribution < 1.29 is 23.1 Å². The largest absolute Gasteiger partial charge is 0.478 e. The van der Waals surface area contributed by atoms with Crippen LogP contribution in [0, 0.1) is 0 Å². The van der Waals surface area contributed by atoms with E-state index in [0.717, 1.165) is 6.07 Å². The van der Waals surface area contributed by atoms with Crippen molar-refractivity contribution in [3.05, 3.63) is 23.8 Å². The minimum absolute atomic E-state index is 0.0790. The number of thiol groups is 1. The zero-order valence-corrected chi connectivity index (χ0v) is 11.7. The quantitative estimate of drug-likeness (QED) is 0.803. The van der Waals surface area contributed by atoms with Crippen molar-refractivity contribution in [3.8, 4) is 0 Å². The van der Waals surface area contributed by atoms with Gasteiger partial charge in [0.15, 0.2) is 0 Å². The molecule has 1 saturated heterocycles. The van der Waals surface area contributed by atoms with Crippen molar-refractivity contribution in [1.82, 2.24) is 4.31 Å². The van der Waals surface area contributed by atoms with E-state index in [-0.39, 0.29) is 28.4 Å². The van der Waals surface area contributed by atoms with Crippen LogP contribution in [0.1, 0.15) is 10.4 Å². The van der Waals surface area contributed by atoms with Gasteiger partial charge in [-0.05, 0) is 18.2 Å². The molecule has 0 bridgehead atoms. The van der Waals surface area contributed by atoms with Crippen LogP contribution in [-0.2, 0) is 14.8 Å². The number of sulfonamides is 1. The molecule has 8 heteroatoms. The topological polar surface area (TPSA) is 83.9 Å². The van der Waals surface area contributed by atoms with Crippen molar-refractivity contribution in [2.45, 2.75) is 9.79 Å². The van der Waals surface area contributed by atoms with Crippen LogP contribution in [0.25, 0.3) is 0 Å². The monoisotopic (exact) mass is 303 g/mol. The van der Waals surface area contributed by atoms with Crippen molar-refractivity contribution in [2.75, 3.05) is 26.3 Å². The molecule has 19 heavy (non-hydrogen) atoms. The lowest BCUT2D eigenvalue weighted by atomic mass is 10.2. The molecule has 0 spiro atoms. The number of carboxylic acids is 1. The Morgan fingerprint density at radius 2 is 1.95 bits per heavy atom. The molecule has 1 fully saturated rings. The van der Waals surface area contributed by atoms with Crippen LogP contribution < -0.4 is 0 Å². The normalized spacial score (nSPS) is 17.3. The average Bonchev–Trinajstić information content (AvgIpc) is 2.39. The van der Waals surface area contributed by atoms with E-state index < -0.39 is 16.0 Å². The van der Waals surface area contributed by atoms with Gasteiger partial charge in [0.2, 0.25) is 10.0 Å². The van der Waals surface area contributed by atoms with Crippen LogP contribution in [0.3, 0.4) is 0 Å². The lowest BCUT2D eigenvalue weighted by Crippen LogP contribution is -2.40. The van der Waals surface area contributed by atoms with Gasteiger partial charge in [0, 0.05) is 18.0 Å². The SMILES string of the molecule is O=C(O)c1ccc(S)c(S(=O)(=O)N2CCOCC2)c1. The Kier molecular flexibility index (Phi) is 4.14. The average molecular weight is 303 g/mol. The second kappa shape index (κ2) is 5.49. The molecule has 1 aromatic rings. The first kappa shape index (κ1) is 14.3. The highest BCUT2D eigenvalue weighted by Crippen LogP contribution is 2.25. The molecule has 0 aliphatic carbocycles. The number of carboxylic acid groups (broad SMARTS) is 1. The van der Waals surface area contributed by atoms with E-state index in [1.54, 1.807) is 0 Å². The smallest absolute Gasteiger partial charge is 0.335 e. The summed E-state index contributed by atoms with van der Waals surface area (Å²) in [5.74, 6) is -1.17. The molecule has 0 aromatic heterocycles. The van der Waals surface area contributed by atoms with E-state index in [0.29, 0.717) is 13.2 Å². The zero-order chi connectivity index (χ0) is 14.0. The predicted molar refractivity (Wildman–Crippen MR) is 70.2 cm³/mol. The van der Waals surface area contributed by atoms with Gasteiger partial charge in [0.1, 0.15) is 0 Å². The highest BCUT2D eigenvalue weighted by atomic mass is 32.2. The number of hydrogen-bond donors (Lipinski definition) is 2. The second-order valence-electron chi connectivity index (χ2n) is 4.00. The van der Waals surface area contributed by atoms with Gasteiger partial charge in [-0.15, -0.1) is 12.6 Å². The first-order valence-electron chi connectivity index (χ1n) is 5.57. The Morgan fingerprint density at radius 1 is 1.32 bits per heavy atom. The molecule has 0 amide bonds. The second-order valence-corrected chi connectivity index (χ2v) is 6.39. The lowest BCUT2D eigenvalue weighted by molar-refractivity contribution is 0.0695. The Bertz CT molecular complexity index is 593. The summed E-state index contributed by atoms with van der Waals surface area (Å²) < 4.78 is 31.2. The van der Waals surface area contributed by atoms with E-state index in [9.17, 15) is 13.2 Å². The van der Waals surface area contributed by atoms with Gasteiger partial charge < -0.3 is 9.84 Å². The summed E-state index contributed by atoms with van der Waals surface area (Å²) in [5.41, 5.74) is -0.0790. The third kappa shape index (κ3) is 2.92. The van der Waals surface area contributed by atoms with Crippen molar-refractivity contribution >= 4 is 28.6 Å². The Balaban J connectivity index is 2.44. The Morgan fingerprint density at radius 3 is 2.53 bits per heavy atom. The highest BCUT2D eigenvalue weighted by molar-refractivity contribution is 7.90. The minimum Gasteiger partial charge on any atom is -0.478 e. The van der Waals surface area contributed by atoms with Gasteiger partial charge in [-0.3, -0.25) is 0 Å². The molecule has 1 heterocycles. The number of carbonyl (C=O) groups is 1. The van der Waals surface area contributed by atoms with Crippen LogP contribution in [0.4, 0.5) is 0 Å². The summed E-state index contributed by atoms with van der Waals surface area (Å²) in [6, 6.07) is 3.83. The molecule has 0 saturated carbocycles. The fraction of sp³-hybridized carbons (Fsp3) is 0.364. The first-order valence-corrected chi connectivity index (χ1v) is 7.46. The zero-order valence-electron chi connectivity index (χ0n) is 9.94. The third-order valence-corrected chi connectivity index (χ3v) is 5.27. The van der Waals surface area contributed by atoms with E-state index >= 15 is 0 Å². The molecule has 0 unspecified atom stereocenters. The fourth-order valence-electron chi connectivity index (χ4n) is 1.78. The van der Waals surface area contributed by atoms with Gasteiger partial charge >= 0.3 is 5.97 Å². The molecule has 1 aliphatic heterocycles. The molecule has 104 valence electrons. The first-order chi connectivity index (χ1) is 8.93. The summed E-state index contributed by atoms with van der Waals surface area (Å²) in [4.78, 5) is 11.1. The summed E-state index contributed by atoms with van der Waals surface area (Å²) in [6.07, 6.45) is 0. The van der Waals surface area contributed by atoms with Crippen LogP contribution in [0.15, 0.2) is 28.0 Å². The molecule has 1 aromatic carbocycles. The molecule has 1 aliphatic rings. The Hall–Kier alpha value is -1.09. The molecule has 0 atom stereocenters. The third-order valence-electron chi connectivity index (χ3n) is 2.79. The van der Waals surface area contributed by atoms with E-state index in [4.69, 9.17) is 9.84 Å². The fourth-order valence-corrected chi connectivity index (χ4v) is 3.78. The lowest BCUT2D eigenvalue weighted by Gasteiger charge is -2.26. The molecular weight excluding hydrogens is 290 g/mol. The van der Waals surface area contributed by atoms with E-state index in [1.165, 1.54) is 16.4 Å². The van der Waals surface area contributed by atoms with Crippen molar-refractivity contribution in [2.24, 2.45) is 0 Å². The summed E-state index contributed by atoms with van der Waals surface area (Å²) in [6.45, 7) is 1.18. The van der Waals surface area contributed by atoms with Crippen LogP contribution in [-0.4, -0.2) is 50.1 Å². The number of rotatable bonds is 3. The standard InChI is InChI=1S/C11H13NO5S2/c13-11(14)8-1-2-9(18)10(7-8)19(15,16)12-3-5-17-6-4-12/h1-2,7,18H,3-6H2,(H,13,14). The number of ether oxygens (including phenoxy) is 1. The maximum Gasteiger partial charge on any atom is 0.335 e. The number of morpholine rings is 1. The van der Waals surface area contributed by atoms with Gasteiger partial charge in [-0.25, -0.2) is 13.2 Å². The number of hydrogen-bond acceptors (Lipinski definition) is 5.